The maximum atomic E-state index is 11.4. The van der Waals surface area contributed by atoms with Crippen molar-refractivity contribution in [2.45, 2.75) is 25.8 Å². The van der Waals surface area contributed by atoms with E-state index in [-0.39, 0.29) is 6.04 Å². The van der Waals surface area contributed by atoms with Crippen LogP contribution >= 0.6 is 22.9 Å². The lowest BCUT2D eigenvalue weighted by Gasteiger charge is -2.02. The van der Waals surface area contributed by atoms with E-state index in [4.69, 9.17) is 11.6 Å². The molecule has 1 aromatic rings. The molecule has 2 rings (SSSR count). The SMILES string of the molecule is C/C(=N/NC(=O)C(=O)NC1CC1)c1ccc(Cl)s1. The Kier molecular flexibility index (Phi) is 3.98. The van der Waals surface area contributed by atoms with Crippen LogP contribution in [-0.2, 0) is 9.59 Å². The van der Waals surface area contributed by atoms with Crippen molar-refractivity contribution < 1.29 is 9.59 Å². The molecule has 1 aromatic heterocycles. The molecule has 0 radical (unpaired) electrons. The number of rotatable bonds is 3. The molecule has 0 saturated heterocycles. The number of hydrazone groups is 1. The molecular formula is C11H12ClN3O2S. The molecule has 7 heteroatoms. The Morgan fingerprint density at radius 2 is 2.11 bits per heavy atom. The fourth-order valence-electron chi connectivity index (χ4n) is 1.23. The summed E-state index contributed by atoms with van der Waals surface area (Å²) in [6, 6.07) is 3.72. The quantitative estimate of drug-likeness (QED) is 0.502. The van der Waals surface area contributed by atoms with Gasteiger partial charge in [0.2, 0.25) is 0 Å². The van der Waals surface area contributed by atoms with Gasteiger partial charge < -0.3 is 5.32 Å². The summed E-state index contributed by atoms with van der Waals surface area (Å²) >= 11 is 7.15. The molecule has 1 fully saturated rings. The van der Waals surface area contributed by atoms with Crippen LogP contribution < -0.4 is 10.7 Å². The van der Waals surface area contributed by atoms with Gasteiger partial charge in [0.25, 0.3) is 0 Å². The predicted octanol–water partition coefficient (Wildman–Crippen LogP) is 1.52. The summed E-state index contributed by atoms with van der Waals surface area (Å²) in [5, 5.41) is 6.45. The van der Waals surface area contributed by atoms with E-state index in [0.717, 1.165) is 17.7 Å². The Labute approximate surface area is 113 Å². The van der Waals surface area contributed by atoms with Gasteiger partial charge in [-0.15, -0.1) is 11.3 Å². The Morgan fingerprint density at radius 1 is 1.39 bits per heavy atom. The van der Waals surface area contributed by atoms with Crippen LogP contribution in [0, 0.1) is 0 Å². The molecule has 0 unspecified atom stereocenters. The minimum absolute atomic E-state index is 0.157. The molecule has 0 aromatic carbocycles. The highest BCUT2D eigenvalue weighted by molar-refractivity contribution is 7.18. The van der Waals surface area contributed by atoms with E-state index in [1.165, 1.54) is 11.3 Å². The topological polar surface area (TPSA) is 70.6 Å². The summed E-state index contributed by atoms with van der Waals surface area (Å²) < 4.78 is 0.650. The molecule has 5 nitrogen and oxygen atoms in total. The molecule has 0 bridgehead atoms. The van der Waals surface area contributed by atoms with Crippen molar-refractivity contribution in [3.8, 4) is 0 Å². The highest BCUT2D eigenvalue weighted by atomic mass is 35.5. The van der Waals surface area contributed by atoms with Gasteiger partial charge in [0.05, 0.1) is 14.9 Å². The van der Waals surface area contributed by atoms with Crippen LogP contribution in [0.25, 0.3) is 0 Å². The largest absolute Gasteiger partial charge is 0.345 e. The number of nitrogens with zero attached hydrogens (tertiary/aromatic N) is 1. The standard InChI is InChI=1S/C11H12ClN3O2S/c1-6(8-4-5-9(12)18-8)14-15-11(17)10(16)13-7-2-3-7/h4-5,7H,2-3H2,1H3,(H,13,16)(H,15,17)/b14-6-. The summed E-state index contributed by atoms with van der Waals surface area (Å²) in [7, 11) is 0. The molecule has 1 aliphatic rings. The molecule has 0 aliphatic heterocycles. The van der Waals surface area contributed by atoms with E-state index < -0.39 is 11.8 Å². The number of hydrogen-bond acceptors (Lipinski definition) is 4. The van der Waals surface area contributed by atoms with Gasteiger partial charge in [-0.3, -0.25) is 9.59 Å². The minimum atomic E-state index is -0.746. The number of thiophene rings is 1. The van der Waals surface area contributed by atoms with E-state index >= 15 is 0 Å². The lowest BCUT2D eigenvalue weighted by atomic mass is 10.3. The van der Waals surface area contributed by atoms with E-state index in [9.17, 15) is 9.59 Å². The maximum absolute atomic E-state index is 11.4. The van der Waals surface area contributed by atoms with Gasteiger partial charge in [-0.05, 0) is 31.9 Å². The number of carbonyl (C=O) groups excluding carboxylic acids is 2. The van der Waals surface area contributed by atoms with Crippen LogP contribution in [0.2, 0.25) is 4.34 Å². The third-order valence-electron chi connectivity index (χ3n) is 2.37. The smallest absolute Gasteiger partial charge is 0.329 e. The van der Waals surface area contributed by atoms with Gasteiger partial charge in [0, 0.05) is 6.04 Å². The average Bonchev–Trinajstić information content (AvgIpc) is 3.04. The van der Waals surface area contributed by atoms with Gasteiger partial charge in [-0.2, -0.15) is 5.10 Å². The summed E-state index contributed by atoms with van der Waals surface area (Å²) in [6.07, 6.45) is 1.88. The van der Waals surface area contributed by atoms with Crippen LogP contribution in [0.15, 0.2) is 17.2 Å². The predicted molar refractivity (Wildman–Crippen MR) is 70.8 cm³/mol. The van der Waals surface area contributed by atoms with Gasteiger partial charge in [0.15, 0.2) is 0 Å². The molecule has 2 amide bonds. The molecule has 1 heterocycles. The van der Waals surface area contributed by atoms with Crippen LogP contribution in [-0.4, -0.2) is 23.6 Å². The van der Waals surface area contributed by atoms with E-state index in [1.54, 1.807) is 13.0 Å². The molecule has 18 heavy (non-hydrogen) atoms. The number of carbonyl (C=O) groups is 2. The summed E-state index contributed by atoms with van der Waals surface area (Å²) in [5.74, 6) is -1.39. The summed E-state index contributed by atoms with van der Waals surface area (Å²) in [6.45, 7) is 1.74. The summed E-state index contributed by atoms with van der Waals surface area (Å²) in [4.78, 5) is 23.6. The van der Waals surface area contributed by atoms with Crippen LogP contribution in [0.5, 0.6) is 0 Å². The first-order chi connectivity index (χ1) is 8.56. The normalized spacial score (nSPS) is 15.3. The molecule has 1 aliphatic carbocycles. The molecule has 2 N–H and O–H groups in total. The lowest BCUT2D eigenvalue weighted by Crippen LogP contribution is -2.39. The Hall–Kier alpha value is -1.40. The van der Waals surface area contributed by atoms with E-state index in [2.05, 4.69) is 15.8 Å². The second-order valence-electron chi connectivity index (χ2n) is 3.99. The van der Waals surface area contributed by atoms with Crippen molar-refractivity contribution in [2.24, 2.45) is 5.10 Å². The van der Waals surface area contributed by atoms with Crippen molar-refractivity contribution in [2.75, 3.05) is 0 Å². The Bertz CT molecular complexity index is 508. The van der Waals surface area contributed by atoms with Gasteiger partial charge >= 0.3 is 11.8 Å². The first-order valence-electron chi connectivity index (χ1n) is 5.47. The molecule has 96 valence electrons. The molecular weight excluding hydrogens is 274 g/mol. The summed E-state index contributed by atoms with van der Waals surface area (Å²) in [5.41, 5.74) is 2.83. The second-order valence-corrected chi connectivity index (χ2v) is 5.70. The zero-order chi connectivity index (χ0) is 13.1. The second kappa shape index (κ2) is 5.49. The number of hydrogen-bond donors (Lipinski definition) is 2. The van der Waals surface area contributed by atoms with Crippen LogP contribution in [0.1, 0.15) is 24.6 Å². The van der Waals surface area contributed by atoms with Crippen LogP contribution in [0.4, 0.5) is 0 Å². The van der Waals surface area contributed by atoms with Gasteiger partial charge in [0.1, 0.15) is 0 Å². The highest BCUT2D eigenvalue weighted by Gasteiger charge is 2.26. The zero-order valence-corrected chi connectivity index (χ0v) is 11.3. The minimum Gasteiger partial charge on any atom is -0.345 e. The van der Waals surface area contributed by atoms with Gasteiger partial charge in [-0.25, -0.2) is 5.43 Å². The van der Waals surface area contributed by atoms with Crippen molar-refractivity contribution in [3.63, 3.8) is 0 Å². The van der Waals surface area contributed by atoms with E-state index in [0.29, 0.717) is 10.0 Å². The fraction of sp³-hybridized carbons (Fsp3) is 0.364. The van der Waals surface area contributed by atoms with Crippen LogP contribution in [0.3, 0.4) is 0 Å². The first-order valence-corrected chi connectivity index (χ1v) is 6.66. The molecule has 1 saturated carbocycles. The lowest BCUT2D eigenvalue weighted by molar-refractivity contribution is -0.139. The average molecular weight is 286 g/mol. The Balaban J connectivity index is 1.88. The van der Waals surface area contributed by atoms with Crippen molar-refractivity contribution in [3.05, 3.63) is 21.3 Å². The fourth-order valence-corrected chi connectivity index (χ4v) is 2.22. The van der Waals surface area contributed by atoms with Gasteiger partial charge in [-0.1, -0.05) is 11.6 Å². The first kappa shape index (κ1) is 13.0. The number of halogens is 1. The third-order valence-corrected chi connectivity index (χ3v) is 3.71. The van der Waals surface area contributed by atoms with E-state index in [1.807, 2.05) is 6.07 Å². The van der Waals surface area contributed by atoms with Crippen molar-refractivity contribution >= 4 is 40.5 Å². The van der Waals surface area contributed by atoms with Crippen molar-refractivity contribution in [1.29, 1.82) is 0 Å². The van der Waals surface area contributed by atoms with Crippen molar-refractivity contribution in [1.82, 2.24) is 10.7 Å². The molecule has 0 atom stereocenters. The monoisotopic (exact) mass is 285 g/mol. The zero-order valence-electron chi connectivity index (χ0n) is 9.70. The highest BCUT2D eigenvalue weighted by Crippen LogP contribution is 2.21. The Morgan fingerprint density at radius 3 is 2.67 bits per heavy atom. The number of nitrogens with one attached hydrogen (secondary N) is 2. The number of amides is 2. The third kappa shape index (κ3) is 3.54. The maximum Gasteiger partial charge on any atom is 0.329 e. The molecule has 0 spiro atoms.